The predicted molar refractivity (Wildman–Crippen MR) is 69.9 cm³/mol. The minimum Gasteiger partial charge on any atom is -0.504 e. The Morgan fingerprint density at radius 2 is 1.89 bits per heavy atom. The second-order valence-corrected chi connectivity index (χ2v) is 4.33. The SMILES string of the molecule is Oc1ccc(-c2nc3c(Cl)cccc3[nH]2)cc1O. The molecule has 3 aromatic rings. The lowest BCUT2D eigenvalue weighted by Gasteiger charge is -1.99. The molecule has 1 heterocycles. The third-order valence-electron chi connectivity index (χ3n) is 2.71. The molecule has 18 heavy (non-hydrogen) atoms. The number of para-hydroxylation sites is 1. The molecule has 5 heteroatoms. The highest BCUT2D eigenvalue weighted by Gasteiger charge is 2.09. The molecule has 0 amide bonds. The maximum atomic E-state index is 9.47. The fourth-order valence-corrected chi connectivity index (χ4v) is 2.02. The van der Waals surface area contributed by atoms with E-state index in [1.165, 1.54) is 12.1 Å². The van der Waals surface area contributed by atoms with Crippen molar-refractivity contribution in [2.75, 3.05) is 0 Å². The molecule has 0 atom stereocenters. The van der Waals surface area contributed by atoms with E-state index in [-0.39, 0.29) is 11.5 Å². The van der Waals surface area contributed by atoms with Crippen LogP contribution in [0.3, 0.4) is 0 Å². The normalized spacial score (nSPS) is 10.9. The smallest absolute Gasteiger partial charge is 0.158 e. The van der Waals surface area contributed by atoms with Crippen LogP contribution >= 0.6 is 11.6 Å². The molecule has 3 rings (SSSR count). The summed E-state index contributed by atoms with van der Waals surface area (Å²) in [6, 6.07) is 10.0. The number of hydrogen-bond donors (Lipinski definition) is 3. The minimum atomic E-state index is -0.181. The van der Waals surface area contributed by atoms with Gasteiger partial charge < -0.3 is 15.2 Å². The first kappa shape index (κ1) is 10.9. The number of H-pyrrole nitrogens is 1. The van der Waals surface area contributed by atoms with Crippen LogP contribution in [0, 0.1) is 0 Å². The number of aromatic amines is 1. The second kappa shape index (κ2) is 3.92. The predicted octanol–water partition coefficient (Wildman–Crippen LogP) is 3.29. The molecule has 0 bridgehead atoms. The average Bonchev–Trinajstić information content (AvgIpc) is 2.78. The summed E-state index contributed by atoms with van der Waals surface area (Å²) in [7, 11) is 0. The summed E-state index contributed by atoms with van der Waals surface area (Å²) < 4.78 is 0. The van der Waals surface area contributed by atoms with Gasteiger partial charge in [0.05, 0.1) is 10.5 Å². The van der Waals surface area contributed by atoms with Gasteiger partial charge in [0.15, 0.2) is 11.5 Å². The number of aromatic nitrogens is 2. The number of phenols is 2. The third-order valence-corrected chi connectivity index (χ3v) is 3.02. The Morgan fingerprint density at radius 3 is 2.61 bits per heavy atom. The molecule has 0 aliphatic heterocycles. The van der Waals surface area contributed by atoms with Crippen LogP contribution in [0.5, 0.6) is 11.5 Å². The Kier molecular flexibility index (Phi) is 2.38. The van der Waals surface area contributed by atoms with Gasteiger partial charge in [-0.3, -0.25) is 0 Å². The molecule has 4 nitrogen and oxygen atoms in total. The lowest BCUT2D eigenvalue weighted by atomic mass is 10.2. The molecular formula is C13H9ClN2O2. The van der Waals surface area contributed by atoms with E-state index in [1.54, 1.807) is 12.1 Å². The van der Waals surface area contributed by atoms with E-state index in [2.05, 4.69) is 9.97 Å². The van der Waals surface area contributed by atoms with Crippen molar-refractivity contribution < 1.29 is 10.2 Å². The van der Waals surface area contributed by atoms with Gasteiger partial charge in [0.25, 0.3) is 0 Å². The maximum absolute atomic E-state index is 9.47. The Labute approximate surface area is 107 Å². The van der Waals surface area contributed by atoms with Crippen molar-refractivity contribution in [3.63, 3.8) is 0 Å². The van der Waals surface area contributed by atoms with Gasteiger partial charge in [-0.25, -0.2) is 4.98 Å². The summed E-state index contributed by atoms with van der Waals surface area (Å²) in [5, 5.41) is 19.3. The fraction of sp³-hybridized carbons (Fsp3) is 0. The van der Waals surface area contributed by atoms with Crippen molar-refractivity contribution in [3.05, 3.63) is 41.4 Å². The van der Waals surface area contributed by atoms with E-state index in [0.717, 1.165) is 5.52 Å². The number of hydrogen-bond acceptors (Lipinski definition) is 3. The number of imidazole rings is 1. The molecule has 0 aliphatic carbocycles. The first-order valence-electron chi connectivity index (χ1n) is 5.32. The number of phenolic OH excluding ortho intramolecular Hbond substituents is 2. The lowest BCUT2D eigenvalue weighted by molar-refractivity contribution is 0.404. The molecule has 1 aromatic heterocycles. The Balaban J connectivity index is 2.19. The summed E-state index contributed by atoms with van der Waals surface area (Å²) in [5.74, 6) is 0.250. The molecule has 90 valence electrons. The van der Waals surface area contributed by atoms with E-state index in [1.807, 2.05) is 12.1 Å². The Bertz CT molecular complexity index is 737. The van der Waals surface area contributed by atoms with E-state index < -0.39 is 0 Å². The quantitative estimate of drug-likeness (QED) is 0.588. The Hall–Kier alpha value is -2.20. The highest BCUT2D eigenvalue weighted by atomic mass is 35.5. The molecule has 0 radical (unpaired) electrons. The molecule has 0 fully saturated rings. The van der Waals surface area contributed by atoms with Crippen molar-refractivity contribution in [1.29, 1.82) is 0 Å². The van der Waals surface area contributed by atoms with Gasteiger partial charge in [-0.15, -0.1) is 0 Å². The summed E-state index contributed by atoms with van der Waals surface area (Å²) in [6.45, 7) is 0. The monoisotopic (exact) mass is 260 g/mol. The molecule has 0 aliphatic rings. The highest BCUT2D eigenvalue weighted by molar-refractivity contribution is 6.34. The van der Waals surface area contributed by atoms with Crippen LogP contribution in [0.1, 0.15) is 0 Å². The van der Waals surface area contributed by atoms with Gasteiger partial charge in [-0.1, -0.05) is 17.7 Å². The van der Waals surface area contributed by atoms with Gasteiger partial charge >= 0.3 is 0 Å². The van der Waals surface area contributed by atoms with Crippen molar-refractivity contribution >= 4 is 22.6 Å². The van der Waals surface area contributed by atoms with E-state index >= 15 is 0 Å². The number of nitrogens with one attached hydrogen (secondary N) is 1. The van der Waals surface area contributed by atoms with Crippen molar-refractivity contribution in [2.45, 2.75) is 0 Å². The number of rotatable bonds is 1. The molecule has 3 N–H and O–H groups in total. The van der Waals surface area contributed by atoms with Gasteiger partial charge in [-0.05, 0) is 30.3 Å². The van der Waals surface area contributed by atoms with Crippen LogP contribution < -0.4 is 0 Å². The molecule has 0 saturated heterocycles. The van der Waals surface area contributed by atoms with E-state index in [9.17, 15) is 10.2 Å². The number of benzene rings is 2. The molecule has 2 aromatic carbocycles. The number of aromatic hydroxyl groups is 2. The van der Waals surface area contributed by atoms with Crippen molar-refractivity contribution in [1.82, 2.24) is 9.97 Å². The van der Waals surface area contributed by atoms with Crippen molar-refractivity contribution in [3.8, 4) is 22.9 Å². The molecular weight excluding hydrogens is 252 g/mol. The molecule has 0 spiro atoms. The van der Waals surface area contributed by atoms with Crippen molar-refractivity contribution in [2.24, 2.45) is 0 Å². The first-order chi connectivity index (χ1) is 8.65. The average molecular weight is 261 g/mol. The lowest BCUT2D eigenvalue weighted by Crippen LogP contribution is -1.80. The van der Waals surface area contributed by atoms with Gasteiger partial charge in [0.1, 0.15) is 11.3 Å². The zero-order chi connectivity index (χ0) is 12.7. The van der Waals surface area contributed by atoms with E-state index in [4.69, 9.17) is 11.6 Å². The zero-order valence-electron chi connectivity index (χ0n) is 9.18. The number of halogens is 1. The summed E-state index contributed by atoms with van der Waals surface area (Å²) in [4.78, 5) is 7.48. The van der Waals surface area contributed by atoms with Gasteiger partial charge in [0, 0.05) is 5.56 Å². The van der Waals surface area contributed by atoms with Crippen LogP contribution in [0.25, 0.3) is 22.4 Å². The fourth-order valence-electron chi connectivity index (χ4n) is 1.80. The summed E-state index contributed by atoms with van der Waals surface area (Å²) >= 11 is 6.04. The van der Waals surface area contributed by atoms with Gasteiger partial charge in [0.2, 0.25) is 0 Å². The third kappa shape index (κ3) is 1.67. The minimum absolute atomic E-state index is 0.159. The first-order valence-corrected chi connectivity index (χ1v) is 5.69. The number of nitrogens with zero attached hydrogens (tertiary/aromatic N) is 1. The van der Waals surface area contributed by atoms with Crippen LogP contribution in [0.4, 0.5) is 0 Å². The standard InChI is InChI=1S/C13H9ClN2O2/c14-8-2-1-3-9-12(8)16-13(15-9)7-4-5-10(17)11(18)6-7/h1-6,17-18H,(H,15,16). The highest BCUT2D eigenvalue weighted by Crippen LogP contribution is 2.31. The Morgan fingerprint density at radius 1 is 1.06 bits per heavy atom. The number of fused-ring (bicyclic) bond motifs is 1. The topological polar surface area (TPSA) is 69.1 Å². The van der Waals surface area contributed by atoms with Gasteiger partial charge in [-0.2, -0.15) is 0 Å². The van der Waals surface area contributed by atoms with Crippen LogP contribution in [-0.4, -0.2) is 20.2 Å². The molecule has 0 unspecified atom stereocenters. The maximum Gasteiger partial charge on any atom is 0.158 e. The zero-order valence-corrected chi connectivity index (χ0v) is 9.94. The largest absolute Gasteiger partial charge is 0.504 e. The van der Waals surface area contributed by atoms with Crippen LogP contribution in [0.15, 0.2) is 36.4 Å². The van der Waals surface area contributed by atoms with Crippen LogP contribution in [-0.2, 0) is 0 Å². The van der Waals surface area contributed by atoms with E-state index in [0.29, 0.717) is 21.9 Å². The summed E-state index contributed by atoms with van der Waals surface area (Å²) in [5.41, 5.74) is 2.18. The second-order valence-electron chi connectivity index (χ2n) is 3.92. The van der Waals surface area contributed by atoms with Crippen LogP contribution in [0.2, 0.25) is 5.02 Å². The summed E-state index contributed by atoms with van der Waals surface area (Å²) in [6.07, 6.45) is 0. The molecule has 0 saturated carbocycles.